The maximum Gasteiger partial charge on any atom is 0.271 e. The largest absolute Gasteiger partial charge is 0.506 e. The number of hydrogen-bond donors (Lipinski definition) is 1. The summed E-state index contributed by atoms with van der Waals surface area (Å²) in [5.74, 6) is 0.507. The van der Waals surface area contributed by atoms with Crippen LogP contribution in [0.2, 0.25) is 0 Å². The van der Waals surface area contributed by atoms with E-state index in [1.165, 1.54) is 11.3 Å². The highest BCUT2D eigenvalue weighted by Crippen LogP contribution is 2.40. The van der Waals surface area contributed by atoms with E-state index in [1.54, 1.807) is 34.8 Å². The van der Waals surface area contributed by atoms with Gasteiger partial charge in [0.15, 0.2) is 4.80 Å². The van der Waals surface area contributed by atoms with Crippen molar-refractivity contribution in [2.24, 2.45) is 4.99 Å². The van der Waals surface area contributed by atoms with E-state index in [2.05, 4.69) is 31.9 Å². The number of phenolic OH excluding ortho intramolecular Hbond substituents is 1. The summed E-state index contributed by atoms with van der Waals surface area (Å²) in [5, 5.41) is 12.0. The SMILES string of the molecule is CCN(CC)C(=O)C1=C(C)N=c2s/c(=C/c3cc(Br)c(O)c(Br)c3)c(=O)n2[C@@H]1c1c(OC)ccc2ccccc12. The molecule has 1 aromatic heterocycles. The first-order valence-electron chi connectivity index (χ1n) is 12.8. The van der Waals surface area contributed by atoms with Gasteiger partial charge >= 0.3 is 0 Å². The lowest BCUT2D eigenvalue weighted by Gasteiger charge is -2.30. The summed E-state index contributed by atoms with van der Waals surface area (Å²) in [5.41, 5.74) is 2.22. The Morgan fingerprint density at radius 1 is 1.15 bits per heavy atom. The number of ether oxygens (including phenoxy) is 1. The Morgan fingerprint density at radius 2 is 1.82 bits per heavy atom. The summed E-state index contributed by atoms with van der Waals surface area (Å²) in [6.07, 6.45) is 1.77. The van der Waals surface area contributed by atoms with Crippen LogP contribution in [0, 0.1) is 0 Å². The maximum atomic E-state index is 14.2. The molecule has 0 unspecified atom stereocenters. The average Bonchev–Trinajstić information content (AvgIpc) is 3.24. The monoisotopic (exact) mass is 683 g/mol. The number of methoxy groups -OCH3 is 1. The Morgan fingerprint density at radius 3 is 2.48 bits per heavy atom. The van der Waals surface area contributed by atoms with E-state index in [1.807, 2.05) is 57.2 Å². The summed E-state index contributed by atoms with van der Waals surface area (Å²) in [4.78, 5) is 35.2. The van der Waals surface area contributed by atoms with Crippen LogP contribution in [0.5, 0.6) is 11.5 Å². The number of aromatic hydroxyl groups is 1. The summed E-state index contributed by atoms with van der Waals surface area (Å²) in [6, 6.07) is 14.5. The molecule has 206 valence electrons. The Kier molecular flexibility index (Phi) is 8.03. The summed E-state index contributed by atoms with van der Waals surface area (Å²) in [6.45, 7) is 6.76. The first-order chi connectivity index (χ1) is 19.2. The molecule has 40 heavy (non-hydrogen) atoms. The van der Waals surface area contributed by atoms with Crippen LogP contribution in [-0.2, 0) is 4.79 Å². The van der Waals surface area contributed by atoms with Gasteiger partial charge in [0.1, 0.15) is 17.5 Å². The molecule has 7 nitrogen and oxygen atoms in total. The quantitative estimate of drug-likeness (QED) is 0.291. The molecule has 1 N–H and O–H groups in total. The van der Waals surface area contributed by atoms with Gasteiger partial charge in [0, 0.05) is 18.7 Å². The molecule has 1 amide bonds. The van der Waals surface area contributed by atoms with Gasteiger partial charge in [-0.3, -0.25) is 14.2 Å². The zero-order valence-corrected chi connectivity index (χ0v) is 26.4. The van der Waals surface area contributed by atoms with Crippen molar-refractivity contribution < 1.29 is 14.6 Å². The number of halogens is 2. The highest BCUT2D eigenvalue weighted by Gasteiger charge is 2.36. The van der Waals surface area contributed by atoms with Gasteiger partial charge in [0.05, 0.1) is 31.9 Å². The van der Waals surface area contributed by atoms with Crippen molar-refractivity contribution in [3.8, 4) is 11.5 Å². The highest BCUT2D eigenvalue weighted by molar-refractivity contribution is 9.11. The lowest BCUT2D eigenvalue weighted by Crippen LogP contribution is -2.43. The molecule has 0 bridgehead atoms. The van der Waals surface area contributed by atoms with E-state index < -0.39 is 6.04 Å². The molecule has 4 aromatic rings. The van der Waals surface area contributed by atoms with Crippen LogP contribution in [0.3, 0.4) is 0 Å². The molecular formula is C30H27Br2N3O4S. The first kappa shape index (κ1) is 28.3. The van der Waals surface area contributed by atoms with Crippen molar-refractivity contribution in [1.82, 2.24) is 9.47 Å². The van der Waals surface area contributed by atoms with Crippen molar-refractivity contribution in [3.05, 3.63) is 99.6 Å². The van der Waals surface area contributed by atoms with Crippen molar-refractivity contribution in [2.45, 2.75) is 26.8 Å². The van der Waals surface area contributed by atoms with E-state index >= 15 is 0 Å². The molecule has 10 heteroatoms. The van der Waals surface area contributed by atoms with E-state index in [9.17, 15) is 14.7 Å². The van der Waals surface area contributed by atoms with E-state index in [0.29, 0.717) is 48.4 Å². The third-order valence-electron chi connectivity index (χ3n) is 7.06. The van der Waals surface area contributed by atoms with Gasteiger partial charge in [-0.05, 0) is 93.2 Å². The Balaban J connectivity index is 1.85. The number of likely N-dealkylation sites (N-methyl/N-ethyl adjacent to an activating group) is 1. The maximum absolute atomic E-state index is 14.2. The fourth-order valence-electron chi connectivity index (χ4n) is 5.10. The first-order valence-corrected chi connectivity index (χ1v) is 15.2. The second kappa shape index (κ2) is 11.3. The number of hydrogen-bond acceptors (Lipinski definition) is 6. The minimum absolute atomic E-state index is 0.0804. The van der Waals surface area contributed by atoms with Gasteiger partial charge < -0.3 is 14.7 Å². The zero-order valence-electron chi connectivity index (χ0n) is 22.4. The normalized spacial score (nSPS) is 15.2. The zero-order chi connectivity index (χ0) is 28.7. The van der Waals surface area contributed by atoms with Crippen molar-refractivity contribution in [3.63, 3.8) is 0 Å². The summed E-state index contributed by atoms with van der Waals surface area (Å²) >= 11 is 7.99. The third kappa shape index (κ3) is 4.82. The van der Waals surface area contributed by atoms with Crippen LogP contribution in [0.1, 0.15) is 37.9 Å². The molecule has 2 heterocycles. The third-order valence-corrected chi connectivity index (χ3v) is 9.26. The number of benzene rings is 3. The van der Waals surface area contributed by atoms with Crippen LogP contribution in [0.25, 0.3) is 16.8 Å². The predicted molar refractivity (Wildman–Crippen MR) is 166 cm³/mol. The minimum atomic E-state index is -0.745. The standard InChI is InChI=1S/C30H27Br2N3O4S/c1-5-34(6-2)29(38)24-16(3)33-30-35(26(24)25-19-10-8-7-9-18(19)11-12-22(25)39-4)28(37)23(40-30)15-17-13-20(31)27(36)21(32)14-17/h7-15,26,36H,5-6H2,1-4H3/b23-15+/t26-/m0/s1. The van der Waals surface area contributed by atoms with Gasteiger partial charge in [0.25, 0.3) is 11.5 Å². The number of nitrogens with zero attached hydrogens (tertiary/aromatic N) is 3. The molecule has 1 aliphatic heterocycles. The lowest BCUT2D eigenvalue weighted by atomic mass is 9.90. The number of thiazole rings is 1. The molecule has 0 spiro atoms. The molecule has 0 saturated carbocycles. The molecule has 1 aliphatic rings. The molecular weight excluding hydrogens is 658 g/mol. The van der Waals surface area contributed by atoms with Crippen LogP contribution < -0.4 is 19.6 Å². The van der Waals surface area contributed by atoms with Gasteiger partial charge in [0.2, 0.25) is 0 Å². The number of phenols is 1. The molecule has 3 aromatic carbocycles. The topological polar surface area (TPSA) is 84.1 Å². The minimum Gasteiger partial charge on any atom is -0.506 e. The molecule has 0 radical (unpaired) electrons. The number of allylic oxidation sites excluding steroid dienone is 1. The van der Waals surface area contributed by atoms with Crippen LogP contribution >= 0.6 is 43.2 Å². The number of rotatable bonds is 6. The van der Waals surface area contributed by atoms with Crippen molar-refractivity contribution in [1.29, 1.82) is 0 Å². The number of fused-ring (bicyclic) bond motifs is 2. The molecule has 0 fully saturated rings. The predicted octanol–water partition coefficient (Wildman–Crippen LogP) is 5.50. The fraction of sp³-hybridized carbons (Fsp3) is 0.233. The molecule has 0 aliphatic carbocycles. The Bertz CT molecular complexity index is 1850. The number of carbonyl (C=O) groups is 1. The van der Waals surface area contributed by atoms with Gasteiger partial charge in [-0.1, -0.05) is 41.7 Å². The van der Waals surface area contributed by atoms with Crippen LogP contribution in [0.4, 0.5) is 0 Å². The lowest BCUT2D eigenvalue weighted by molar-refractivity contribution is -0.127. The van der Waals surface area contributed by atoms with Gasteiger partial charge in [-0.25, -0.2) is 4.99 Å². The van der Waals surface area contributed by atoms with Crippen molar-refractivity contribution in [2.75, 3.05) is 20.2 Å². The molecule has 5 rings (SSSR count). The number of aromatic nitrogens is 1. The Hall–Kier alpha value is -3.21. The fourth-order valence-corrected chi connectivity index (χ4v) is 7.37. The van der Waals surface area contributed by atoms with Gasteiger partial charge in [-0.2, -0.15) is 0 Å². The van der Waals surface area contributed by atoms with Gasteiger partial charge in [-0.15, -0.1) is 0 Å². The molecule has 1 atom stereocenters. The van der Waals surface area contributed by atoms with E-state index in [4.69, 9.17) is 9.73 Å². The highest BCUT2D eigenvalue weighted by atomic mass is 79.9. The van der Waals surface area contributed by atoms with Crippen molar-refractivity contribution >= 4 is 66.0 Å². The Labute approximate surface area is 252 Å². The smallest absolute Gasteiger partial charge is 0.271 e. The number of carbonyl (C=O) groups excluding carboxylic acids is 1. The summed E-state index contributed by atoms with van der Waals surface area (Å²) < 4.78 is 8.93. The number of amides is 1. The van der Waals surface area contributed by atoms with E-state index in [0.717, 1.165) is 21.9 Å². The second-order valence-corrected chi connectivity index (χ2v) is 12.0. The van der Waals surface area contributed by atoms with E-state index in [-0.39, 0.29) is 17.2 Å². The average molecular weight is 685 g/mol. The second-order valence-electron chi connectivity index (χ2n) is 9.30. The van der Waals surface area contributed by atoms with Crippen LogP contribution in [-0.4, -0.2) is 40.7 Å². The summed E-state index contributed by atoms with van der Waals surface area (Å²) in [7, 11) is 1.60. The van der Waals surface area contributed by atoms with Crippen LogP contribution in [0.15, 0.2) is 78.5 Å². The molecule has 0 saturated heterocycles.